The van der Waals surface area contributed by atoms with Crippen LogP contribution in [0.4, 0.5) is 17.6 Å². The van der Waals surface area contributed by atoms with Crippen LogP contribution in [0.15, 0.2) is 48.9 Å². The Morgan fingerprint density at radius 1 is 1.13 bits per heavy atom. The van der Waals surface area contributed by atoms with Gasteiger partial charge in [0, 0.05) is 18.8 Å². The second kappa shape index (κ2) is 8.32. The molecule has 1 saturated heterocycles. The molecule has 0 saturated carbocycles. The van der Waals surface area contributed by atoms with Crippen molar-refractivity contribution in [2.45, 2.75) is 25.1 Å². The number of ether oxygens (including phenoxy) is 1. The number of hydrogen-bond acceptors (Lipinski definition) is 5. The van der Waals surface area contributed by atoms with Gasteiger partial charge in [0.1, 0.15) is 11.8 Å². The largest absolute Gasteiger partial charge is 0.472 e. The van der Waals surface area contributed by atoms with E-state index in [2.05, 4.69) is 15.2 Å². The smallest absolute Gasteiger partial charge is 0.417 e. The third-order valence-corrected chi connectivity index (χ3v) is 4.85. The fourth-order valence-electron chi connectivity index (χ4n) is 3.40. The summed E-state index contributed by atoms with van der Waals surface area (Å²) in [6.07, 6.45) is -0.263. The number of para-hydroxylation sites is 1. The van der Waals surface area contributed by atoms with Gasteiger partial charge in [-0.3, -0.25) is 4.79 Å². The van der Waals surface area contributed by atoms with Gasteiger partial charge in [-0.25, -0.2) is 9.37 Å². The van der Waals surface area contributed by atoms with Crippen molar-refractivity contribution >= 4 is 5.91 Å². The molecular weight excluding hydrogens is 418 g/mol. The van der Waals surface area contributed by atoms with Crippen LogP contribution >= 0.6 is 0 Å². The van der Waals surface area contributed by atoms with Crippen molar-refractivity contribution in [1.82, 2.24) is 24.9 Å². The Labute approximate surface area is 174 Å². The fourth-order valence-corrected chi connectivity index (χ4v) is 3.40. The van der Waals surface area contributed by atoms with E-state index in [4.69, 9.17) is 4.74 Å². The normalized spacial score (nSPS) is 16.9. The molecule has 0 radical (unpaired) electrons. The van der Waals surface area contributed by atoms with Crippen LogP contribution in [-0.2, 0) is 6.18 Å². The molecule has 0 spiro atoms. The standard InChI is InChI=1S/C20H17F4N5O2/c21-16-5-1-4-15(18(16)29-26-8-9-27-29)19(30)28-10-2-3-14(12-28)31-17-7-6-13(11-25-17)20(22,23)24/h1,4-9,11,14H,2-3,10,12H2. The summed E-state index contributed by atoms with van der Waals surface area (Å²) in [5.41, 5.74) is -0.819. The maximum Gasteiger partial charge on any atom is 0.417 e. The number of halogens is 4. The average Bonchev–Trinajstić information content (AvgIpc) is 3.27. The number of pyridine rings is 1. The highest BCUT2D eigenvalue weighted by Gasteiger charge is 2.32. The summed E-state index contributed by atoms with van der Waals surface area (Å²) < 4.78 is 58.2. The molecule has 1 atom stereocenters. The second-order valence-electron chi connectivity index (χ2n) is 6.97. The minimum atomic E-state index is -4.48. The van der Waals surface area contributed by atoms with E-state index in [0.29, 0.717) is 25.6 Å². The summed E-state index contributed by atoms with van der Waals surface area (Å²) in [5, 5.41) is 7.82. The van der Waals surface area contributed by atoms with Gasteiger partial charge < -0.3 is 9.64 Å². The number of rotatable bonds is 4. The molecule has 3 aromatic rings. The van der Waals surface area contributed by atoms with Crippen LogP contribution in [0.5, 0.6) is 5.88 Å². The fraction of sp³-hybridized carbons (Fsp3) is 0.300. The van der Waals surface area contributed by atoms with Gasteiger partial charge in [0.05, 0.1) is 30.1 Å². The summed E-state index contributed by atoms with van der Waals surface area (Å²) in [4.78, 5) is 19.4. The molecule has 1 aliphatic rings. The SMILES string of the molecule is O=C(c1cccc(F)c1-n1nccn1)N1CCCC(Oc2ccc(C(F)(F)F)cn2)C1. The van der Waals surface area contributed by atoms with Crippen molar-refractivity contribution in [3.63, 3.8) is 0 Å². The number of aromatic nitrogens is 4. The van der Waals surface area contributed by atoms with Crippen molar-refractivity contribution in [1.29, 1.82) is 0 Å². The van der Waals surface area contributed by atoms with Crippen LogP contribution in [0, 0.1) is 5.82 Å². The molecule has 3 heterocycles. The lowest BCUT2D eigenvalue weighted by molar-refractivity contribution is -0.137. The number of piperidine rings is 1. The molecule has 0 bridgehead atoms. The number of likely N-dealkylation sites (tertiary alicyclic amines) is 1. The maximum atomic E-state index is 14.4. The maximum absolute atomic E-state index is 14.4. The Balaban J connectivity index is 1.49. The molecule has 1 fully saturated rings. The molecule has 1 amide bonds. The number of benzene rings is 1. The number of carbonyl (C=O) groups excluding carboxylic acids is 1. The van der Waals surface area contributed by atoms with Gasteiger partial charge in [-0.15, -0.1) is 4.80 Å². The summed E-state index contributed by atoms with van der Waals surface area (Å²) in [6, 6.07) is 6.18. The lowest BCUT2D eigenvalue weighted by atomic mass is 10.1. The number of nitrogens with zero attached hydrogens (tertiary/aromatic N) is 5. The van der Waals surface area contributed by atoms with E-state index in [9.17, 15) is 22.4 Å². The van der Waals surface area contributed by atoms with E-state index in [1.54, 1.807) is 0 Å². The topological polar surface area (TPSA) is 73.1 Å². The van der Waals surface area contributed by atoms with E-state index < -0.39 is 29.6 Å². The van der Waals surface area contributed by atoms with Crippen LogP contribution in [-0.4, -0.2) is 50.0 Å². The van der Waals surface area contributed by atoms with Crippen LogP contribution in [0.2, 0.25) is 0 Å². The van der Waals surface area contributed by atoms with E-state index >= 15 is 0 Å². The highest BCUT2D eigenvalue weighted by molar-refractivity contribution is 5.97. The summed E-state index contributed by atoms with van der Waals surface area (Å²) in [5.74, 6) is -1.01. The lowest BCUT2D eigenvalue weighted by Gasteiger charge is -2.33. The van der Waals surface area contributed by atoms with E-state index in [0.717, 1.165) is 16.9 Å². The average molecular weight is 435 g/mol. The molecule has 0 aliphatic carbocycles. The predicted octanol–water partition coefficient (Wildman–Crippen LogP) is 3.50. The molecule has 4 rings (SSSR count). The number of carbonyl (C=O) groups is 1. The van der Waals surface area contributed by atoms with Crippen LogP contribution in [0.1, 0.15) is 28.8 Å². The van der Waals surface area contributed by atoms with E-state index in [-0.39, 0.29) is 23.7 Å². The molecule has 0 N–H and O–H groups in total. The van der Waals surface area contributed by atoms with Gasteiger partial charge in [0.2, 0.25) is 5.88 Å². The Hall–Kier alpha value is -3.50. The highest BCUT2D eigenvalue weighted by atomic mass is 19.4. The minimum absolute atomic E-state index is 0.0412. The van der Waals surface area contributed by atoms with Crippen molar-refractivity contribution < 1.29 is 27.1 Å². The Kier molecular flexibility index (Phi) is 5.57. The molecule has 162 valence electrons. The monoisotopic (exact) mass is 435 g/mol. The van der Waals surface area contributed by atoms with Gasteiger partial charge in [-0.1, -0.05) is 6.07 Å². The molecule has 1 aromatic carbocycles. The van der Waals surface area contributed by atoms with E-state index in [1.165, 1.54) is 35.5 Å². The number of hydrogen-bond donors (Lipinski definition) is 0. The summed E-state index contributed by atoms with van der Waals surface area (Å²) in [6.45, 7) is 0.617. The molecule has 2 aromatic heterocycles. The minimum Gasteiger partial charge on any atom is -0.472 e. The van der Waals surface area contributed by atoms with Gasteiger partial charge in [0.15, 0.2) is 5.82 Å². The first-order valence-corrected chi connectivity index (χ1v) is 9.47. The van der Waals surface area contributed by atoms with Gasteiger partial charge in [-0.2, -0.15) is 23.4 Å². The van der Waals surface area contributed by atoms with Gasteiger partial charge in [-0.05, 0) is 31.0 Å². The molecule has 1 aliphatic heterocycles. The predicted molar refractivity (Wildman–Crippen MR) is 100 cm³/mol. The number of amides is 1. The van der Waals surface area contributed by atoms with Crippen molar-refractivity contribution in [2.75, 3.05) is 13.1 Å². The zero-order chi connectivity index (χ0) is 22.0. The van der Waals surface area contributed by atoms with Crippen molar-refractivity contribution in [3.05, 3.63) is 65.9 Å². The zero-order valence-electron chi connectivity index (χ0n) is 16.1. The Morgan fingerprint density at radius 3 is 2.58 bits per heavy atom. The van der Waals surface area contributed by atoms with Gasteiger partial charge in [0.25, 0.3) is 5.91 Å². The first-order valence-electron chi connectivity index (χ1n) is 9.47. The Bertz CT molecular complexity index is 1050. The zero-order valence-corrected chi connectivity index (χ0v) is 16.1. The van der Waals surface area contributed by atoms with Crippen LogP contribution < -0.4 is 4.74 Å². The lowest BCUT2D eigenvalue weighted by Crippen LogP contribution is -2.44. The first kappa shape index (κ1) is 20.8. The van der Waals surface area contributed by atoms with E-state index in [1.807, 2.05) is 0 Å². The van der Waals surface area contributed by atoms with Crippen LogP contribution in [0.3, 0.4) is 0 Å². The molecule has 11 heteroatoms. The molecular formula is C20H17F4N5O2. The third kappa shape index (κ3) is 4.49. The molecule has 7 nitrogen and oxygen atoms in total. The number of alkyl halides is 3. The third-order valence-electron chi connectivity index (χ3n) is 4.85. The van der Waals surface area contributed by atoms with Crippen molar-refractivity contribution in [2.24, 2.45) is 0 Å². The highest BCUT2D eigenvalue weighted by Crippen LogP contribution is 2.29. The van der Waals surface area contributed by atoms with Gasteiger partial charge >= 0.3 is 6.18 Å². The molecule has 31 heavy (non-hydrogen) atoms. The molecule has 1 unspecified atom stereocenters. The quantitative estimate of drug-likeness (QED) is 0.587. The van der Waals surface area contributed by atoms with Crippen molar-refractivity contribution in [3.8, 4) is 11.6 Å². The first-order chi connectivity index (χ1) is 14.8. The summed E-state index contributed by atoms with van der Waals surface area (Å²) in [7, 11) is 0. The summed E-state index contributed by atoms with van der Waals surface area (Å²) >= 11 is 0. The van der Waals surface area contributed by atoms with Crippen LogP contribution in [0.25, 0.3) is 5.69 Å². The Morgan fingerprint density at radius 2 is 1.90 bits per heavy atom. The second-order valence-corrected chi connectivity index (χ2v) is 6.97.